The van der Waals surface area contributed by atoms with Gasteiger partial charge in [-0.3, -0.25) is 4.90 Å². The first-order valence-electron chi connectivity index (χ1n) is 11.6. The van der Waals surface area contributed by atoms with Crippen LogP contribution in [-0.2, 0) is 11.3 Å². The van der Waals surface area contributed by atoms with Gasteiger partial charge in [-0.05, 0) is 36.6 Å². The summed E-state index contributed by atoms with van der Waals surface area (Å²) in [6.45, 7) is 6.34. The molecule has 0 spiro atoms. The standard InChI is InChI=1S/C26H24N4O3S2.ClH/c1-16(29-25-24-20(8-13-34-24)27-15-28-25)23-22(18-4-2-3-5-19(18)26(31)33-23)21-7-6-17(35-21)14-30-9-11-32-12-10-30;/h2-8,13,15-16H,9-12,14H2,1H3,(H,27,28,29);1H. The number of ether oxygens (including phenoxy) is 1. The van der Waals surface area contributed by atoms with Crippen molar-refractivity contribution in [3.63, 3.8) is 0 Å². The average molecular weight is 541 g/mol. The third kappa shape index (κ3) is 4.77. The van der Waals surface area contributed by atoms with Gasteiger partial charge in [0.15, 0.2) is 0 Å². The average Bonchev–Trinajstić information content (AvgIpc) is 3.55. The Hall–Kier alpha value is -2.82. The minimum absolute atomic E-state index is 0. The molecule has 5 heterocycles. The minimum atomic E-state index is -0.331. The second-order valence-electron chi connectivity index (χ2n) is 8.55. The number of hydrogen-bond donors (Lipinski definition) is 1. The number of morpholine rings is 1. The molecule has 5 aromatic rings. The van der Waals surface area contributed by atoms with E-state index < -0.39 is 0 Å². The van der Waals surface area contributed by atoms with Crippen molar-refractivity contribution in [2.24, 2.45) is 0 Å². The Labute approximate surface area is 222 Å². The molecule has 0 amide bonds. The Morgan fingerprint density at radius 1 is 1.08 bits per heavy atom. The number of nitrogens with one attached hydrogen (secondary N) is 1. The second-order valence-corrected chi connectivity index (χ2v) is 10.6. The molecule has 1 saturated heterocycles. The maximum atomic E-state index is 12.9. The molecular weight excluding hydrogens is 516 g/mol. The summed E-state index contributed by atoms with van der Waals surface area (Å²) in [7, 11) is 0. The predicted molar refractivity (Wildman–Crippen MR) is 149 cm³/mol. The van der Waals surface area contributed by atoms with E-state index in [0.717, 1.165) is 64.7 Å². The van der Waals surface area contributed by atoms with Crippen LogP contribution in [0.15, 0.2) is 63.4 Å². The molecule has 6 rings (SSSR count). The zero-order chi connectivity index (χ0) is 23.8. The van der Waals surface area contributed by atoms with E-state index in [1.807, 2.05) is 42.6 Å². The van der Waals surface area contributed by atoms with E-state index in [-0.39, 0.29) is 24.1 Å². The number of thiophene rings is 2. The summed E-state index contributed by atoms with van der Waals surface area (Å²) in [4.78, 5) is 26.5. The molecule has 0 bridgehead atoms. The van der Waals surface area contributed by atoms with E-state index in [4.69, 9.17) is 9.15 Å². The summed E-state index contributed by atoms with van der Waals surface area (Å²) in [5, 5.41) is 6.96. The third-order valence-electron chi connectivity index (χ3n) is 6.25. The third-order valence-corrected chi connectivity index (χ3v) is 8.24. The normalized spacial score (nSPS) is 15.1. The lowest BCUT2D eigenvalue weighted by molar-refractivity contribution is 0.0346. The van der Waals surface area contributed by atoms with Crippen molar-refractivity contribution in [1.29, 1.82) is 0 Å². The molecule has 7 nitrogen and oxygen atoms in total. The van der Waals surface area contributed by atoms with E-state index in [2.05, 4.69) is 32.3 Å². The van der Waals surface area contributed by atoms with Gasteiger partial charge in [0, 0.05) is 40.3 Å². The van der Waals surface area contributed by atoms with Crippen LogP contribution < -0.4 is 10.9 Å². The van der Waals surface area contributed by atoms with Gasteiger partial charge in [-0.15, -0.1) is 35.1 Å². The second kappa shape index (κ2) is 10.7. The van der Waals surface area contributed by atoms with Crippen LogP contribution in [-0.4, -0.2) is 41.2 Å². The first-order chi connectivity index (χ1) is 17.2. The summed E-state index contributed by atoms with van der Waals surface area (Å²) in [6.07, 6.45) is 1.55. The van der Waals surface area contributed by atoms with Crippen molar-refractivity contribution in [3.8, 4) is 10.4 Å². The fraction of sp³-hybridized carbons (Fsp3) is 0.269. The fourth-order valence-electron chi connectivity index (χ4n) is 4.52. The van der Waals surface area contributed by atoms with Gasteiger partial charge >= 0.3 is 5.63 Å². The Morgan fingerprint density at radius 2 is 1.89 bits per heavy atom. The molecule has 186 valence electrons. The molecule has 10 heteroatoms. The molecule has 1 unspecified atom stereocenters. The van der Waals surface area contributed by atoms with Crippen molar-refractivity contribution in [2.45, 2.75) is 19.5 Å². The summed E-state index contributed by atoms with van der Waals surface area (Å²) < 4.78 is 12.5. The number of hydrogen-bond acceptors (Lipinski definition) is 9. The minimum Gasteiger partial charge on any atom is -0.425 e. The first-order valence-corrected chi connectivity index (χ1v) is 13.3. The van der Waals surface area contributed by atoms with Crippen LogP contribution in [0.3, 0.4) is 0 Å². The number of fused-ring (bicyclic) bond motifs is 2. The lowest BCUT2D eigenvalue weighted by Crippen LogP contribution is -2.35. The zero-order valence-electron chi connectivity index (χ0n) is 19.6. The van der Waals surface area contributed by atoms with Crippen LogP contribution >= 0.6 is 35.1 Å². The summed E-state index contributed by atoms with van der Waals surface area (Å²) in [5.41, 5.74) is 1.52. The van der Waals surface area contributed by atoms with Gasteiger partial charge in [0.1, 0.15) is 17.9 Å². The Morgan fingerprint density at radius 3 is 2.72 bits per heavy atom. The molecule has 1 aromatic carbocycles. The Kier molecular flexibility index (Phi) is 7.36. The first kappa shape index (κ1) is 24.9. The van der Waals surface area contributed by atoms with Crippen molar-refractivity contribution in [2.75, 3.05) is 31.6 Å². The quantitative estimate of drug-likeness (QED) is 0.285. The Bertz CT molecular complexity index is 1560. The predicted octanol–water partition coefficient (Wildman–Crippen LogP) is 5.95. The van der Waals surface area contributed by atoms with E-state index in [1.54, 1.807) is 29.0 Å². The molecular formula is C26H25ClN4O3S2. The molecule has 0 saturated carbocycles. The molecule has 1 atom stereocenters. The maximum Gasteiger partial charge on any atom is 0.343 e. The number of benzene rings is 1. The lowest BCUT2D eigenvalue weighted by Gasteiger charge is -2.25. The highest BCUT2D eigenvalue weighted by Gasteiger charge is 2.23. The van der Waals surface area contributed by atoms with E-state index >= 15 is 0 Å². The number of anilines is 1. The summed E-state index contributed by atoms with van der Waals surface area (Å²) in [6, 6.07) is 13.7. The number of rotatable bonds is 6. The van der Waals surface area contributed by atoms with Crippen LogP contribution in [0.4, 0.5) is 5.82 Å². The topological polar surface area (TPSA) is 80.5 Å². The highest BCUT2D eigenvalue weighted by Crippen LogP contribution is 2.39. The monoisotopic (exact) mass is 540 g/mol. The SMILES string of the molecule is CC(Nc1ncnc2ccsc12)c1oc(=O)c2ccccc2c1-c1ccc(CN2CCOCC2)s1.Cl. The van der Waals surface area contributed by atoms with Crippen molar-refractivity contribution < 1.29 is 9.15 Å². The van der Waals surface area contributed by atoms with Gasteiger partial charge < -0.3 is 14.5 Å². The van der Waals surface area contributed by atoms with Gasteiger partial charge in [0.25, 0.3) is 0 Å². The smallest absolute Gasteiger partial charge is 0.343 e. The molecule has 1 N–H and O–H groups in total. The van der Waals surface area contributed by atoms with Crippen LogP contribution in [0.1, 0.15) is 23.6 Å². The van der Waals surface area contributed by atoms with Gasteiger partial charge in [-0.1, -0.05) is 18.2 Å². The van der Waals surface area contributed by atoms with Gasteiger partial charge in [-0.2, -0.15) is 0 Å². The number of aromatic nitrogens is 2. The Balaban J connectivity index is 0.00000267. The lowest BCUT2D eigenvalue weighted by atomic mass is 10.0. The molecule has 1 fully saturated rings. The van der Waals surface area contributed by atoms with Crippen LogP contribution in [0.25, 0.3) is 31.4 Å². The van der Waals surface area contributed by atoms with Crippen molar-refractivity contribution in [3.05, 3.63) is 75.2 Å². The fourth-order valence-corrected chi connectivity index (χ4v) is 6.43. The van der Waals surface area contributed by atoms with E-state index in [9.17, 15) is 4.79 Å². The van der Waals surface area contributed by atoms with Crippen LogP contribution in [0, 0.1) is 0 Å². The molecule has 1 aliphatic rings. The summed E-state index contributed by atoms with van der Waals surface area (Å²) in [5.74, 6) is 1.34. The molecule has 0 aliphatic carbocycles. The van der Waals surface area contributed by atoms with E-state index in [1.165, 1.54) is 4.88 Å². The van der Waals surface area contributed by atoms with Gasteiger partial charge in [0.05, 0.1) is 34.9 Å². The van der Waals surface area contributed by atoms with Crippen LogP contribution in [0.2, 0.25) is 0 Å². The number of nitrogens with zero attached hydrogens (tertiary/aromatic N) is 3. The zero-order valence-corrected chi connectivity index (χ0v) is 22.0. The summed E-state index contributed by atoms with van der Waals surface area (Å²) >= 11 is 3.33. The van der Waals surface area contributed by atoms with Gasteiger partial charge in [-0.25, -0.2) is 14.8 Å². The molecule has 0 radical (unpaired) electrons. The van der Waals surface area contributed by atoms with Crippen molar-refractivity contribution in [1.82, 2.24) is 14.9 Å². The van der Waals surface area contributed by atoms with Crippen LogP contribution in [0.5, 0.6) is 0 Å². The molecule has 4 aromatic heterocycles. The maximum absolute atomic E-state index is 12.9. The highest BCUT2D eigenvalue weighted by atomic mass is 35.5. The molecule has 1 aliphatic heterocycles. The number of halogens is 1. The van der Waals surface area contributed by atoms with Crippen molar-refractivity contribution >= 4 is 61.9 Å². The molecule has 36 heavy (non-hydrogen) atoms. The largest absolute Gasteiger partial charge is 0.425 e. The van der Waals surface area contributed by atoms with E-state index in [0.29, 0.717) is 11.1 Å². The highest BCUT2D eigenvalue weighted by molar-refractivity contribution is 7.17. The van der Waals surface area contributed by atoms with Gasteiger partial charge in [0.2, 0.25) is 0 Å².